The fourth-order valence-corrected chi connectivity index (χ4v) is 2.80. The van der Waals surface area contributed by atoms with Crippen LogP contribution in [0.4, 0.5) is 5.69 Å². The first-order chi connectivity index (χ1) is 11.5. The molecular weight excluding hydrogens is 324 g/mol. The Morgan fingerprint density at radius 1 is 1.17 bits per heavy atom. The predicted molar refractivity (Wildman–Crippen MR) is 94.3 cm³/mol. The minimum Gasteiger partial charge on any atom is -0.374 e. The number of rotatable bonds is 7. The molecule has 0 spiro atoms. The number of hydrazone groups is 1. The smallest absolute Gasteiger partial charge is 0.276 e. The highest BCUT2D eigenvalue weighted by Crippen LogP contribution is 2.13. The van der Waals surface area contributed by atoms with Gasteiger partial charge in [-0.2, -0.15) is 18.8 Å². The van der Waals surface area contributed by atoms with Crippen molar-refractivity contribution in [3.8, 4) is 6.07 Å². The molecule has 0 saturated carbocycles. The van der Waals surface area contributed by atoms with Crippen LogP contribution >= 0.6 is 0 Å². The van der Waals surface area contributed by atoms with Gasteiger partial charge in [-0.1, -0.05) is 30.3 Å². The van der Waals surface area contributed by atoms with Gasteiger partial charge in [0, 0.05) is 19.3 Å². The lowest BCUT2D eigenvalue weighted by molar-refractivity contribution is 0.584. The monoisotopic (exact) mass is 342 g/mol. The molecule has 0 saturated heterocycles. The van der Waals surface area contributed by atoms with E-state index in [2.05, 4.69) is 16.0 Å². The Hall–Kier alpha value is -2.85. The molecule has 0 amide bonds. The first-order valence-corrected chi connectivity index (χ1v) is 8.79. The second-order valence-electron chi connectivity index (χ2n) is 5.09. The van der Waals surface area contributed by atoms with Crippen LogP contribution in [0.1, 0.15) is 12.0 Å². The summed E-state index contributed by atoms with van der Waals surface area (Å²) in [6.07, 6.45) is 1.90. The van der Waals surface area contributed by atoms with Crippen molar-refractivity contribution in [2.24, 2.45) is 5.10 Å². The van der Waals surface area contributed by atoms with E-state index in [4.69, 9.17) is 5.26 Å². The maximum absolute atomic E-state index is 12.0. The Balaban J connectivity index is 1.99. The summed E-state index contributed by atoms with van der Waals surface area (Å²) in [5, 5.41) is 12.4. The molecule has 0 aliphatic rings. The lowest BCUT2D eigenvalue weighted by Gasteiger charge is -2.17. The Labute approximate surface area is 142 Å². The van der Waals surface area contributed by atoms with E-state index in [0.29, 0.717) is 13.0 Å². The fourth-order valence-electron chi connectivity index (χ4n) is 1.98. The van der Waals surface area contributed by atoms with Gasteiger partial charge in [0.25, 0.3) is 10.0 Å². The molecule has 7 heteroatoms. The molecular formula is C17H18N4O2S. The Morgan fingerprint density at radius 3 is 2.46 bits per heavy atom. The van der Waals surface area contributed by atoms with Gasteiger partial charge in [-0.25, -0.2) is 4.83 Å². The van der Waals surface area contributed by atoms with Crippen LogP contribution in [0.15, 0.2) is 64.6 Å². The van der Waals surface area contributed by atoms with Crippen molar-refractivity contribution < 1.29 is 8.42 Å². The van der Waals surface area contributed by atoms with Crippen LogP contribution in [0.2, 0.25) is 0 Å². The van der Waals surface area contributed by atoms with Gasteiger partial charge in [0.1, 0.15) is 0 Å². The predicted octanol–water partition coefficient (Wildman–Crippen LogP) is 2.35. The molecule has 0 unspecified atom stereocenters. The Morgan fingerprint density at radius 2 is 1.83 bits per heavy atom. The van der Waals surface area contributed by atoms with Gasteiger partial charge in [-0.3, -0.25) is 0 Å². The minimum atomic E-state index is -3.65. The SMILES string of the molecule is CN(CCC#N)c1ccc(/C=N\NS(=O)(=O)c2ccccc2)cc1. The minimum absolute atomic E-state index is 0.164. The molecule has 6 nitrogen and oxygen atoms in total. The third-order valence-electron chi connectivity index (χ3n) is 3.33. The molecule has 0 aliphatic heterocycles. The standard InChI is InChI=1S/C17H18N4O2S/c1-21(13-5-12-18)16-10-8-15(9-11-16)14-19-20-24(22,23)17-6-3-2-4-7-17/h2-4,6-11,14,20H,5,13H2,1H3/b19-14-. The van der Waals surface area contributed by atoms with E-state index in [0.717, 1.165) is 11.3 Å². The van der Waals surface area contributed by atoms with Crippen LogP contribution in [0.5, 0.6) is 0 Å². The summed E-state index contributed by atoms with van der Waals surface area (Å²) >= 11 is 0. The highest BCUT2D eigenvalue weighted by molar-refractivity contribution is 7.89. The Bertz CT molecular complexity index is 825. The topological polar surface area (TPSA) is 85.6 Å². The largest absolute Gasteiger partial charge is 0.374 e. The van der Waals surface area contributed by atoms with Crippen LogP contribution < -0.4 is 9.73 Å². The molecule has 2 aromatic carbocycles. The van der Waals surface area contributed by atoms with E-state index in [-0.39, 0.29) is 4.90 Å². The quantitative estimate of drug-likeness (QED) is 0.618. The number of hydrogen-bond donors (Lipinski definition) is 1. The van der Waals surface area contributed by atoms with Crippen LogP contribution in [0.25, 0.3) is 0 Å². The van der Waals surface area contributed by atoms with E-state index in [1.165, 1.54) is 18.3 Å². The molecule has 0 fully saturated rings. The van der Waals surface area contributed by atoms with Gasteiger partial charge in [0.05, 0.1) is 23.6 Å². The van der Waals surface area contributed by atoms with E-state index in [9.17, 15) is 8.42 Å². The number of sulfonamides is 1. The maximum Gasteiger partial charge on any atom is 0.276 e. The normalized spacial score (nSPS) is 11.2. The second kappa shape index (κ2) is 8.13. The van der Waals surface area contributed by atoms with Crippen molar-refractivity contribution >= 4 is 21.9 Å². The molecule has 0 heterocycles. The van der Waals surface area contributed by atoms with Crippen LogP contribution in [0.3, 0.4) is 0 Å². The van der Waals surface area contributed by atoms with E-state index in [1.807, 2.05) is 36.2 Å². The number of nitrogens with zero attached hydrogens (tertiary/aromatic N) is 3. The van der Waals surface area contributed by atoms with Gasteiger partial charge < -0.3 is 4.90 Å². The summed E-state index contributed by atoms with van der Waals surface area (Å²) in [4.78, 5) is 4.32. The van der Waals surface area contributed by atoms with Crippen molar-refractivity contribution in [3.05, 3.63) is 60.2 Å². The van der Waals surface area contributed by atoms with Gasteiger partial charge >= 0.3 is 0 Å². The van der Waals surface area contributed by atoms with Gasteiger partial charge in [0.2, 0.25) is 0 Å². The summed E-state index contributed by atoms with van der Waals surface area (Å²) in [5.74, 6) is 0. The van der Waals surface area contributed by atoms with Crippen LogP contribution in [-0.2, 0) is 10.0 Å². The molecule has 124 valence electrons. The maximum atomic E-state index is 12.0. The third-order valence-corrected chi connectivity index (χ3v) is 4.57. The number of anilines is 1. The average Bonchev–Trinajstić information content (AvgIpc) is 2.61. The second-order valence-corrected chi connectivity index (χ2v) is 6.75. The summed E-state index contributed by atoms with van der Waals surface area (Å²) in [5.41, 5.74) is 1.75. The summed E-state index contributed by atoms with van der Waals surface area (Å²) in [6, 6.07) is 17.6. The van der Waals surface area contributed by atoms with E-state index >= 15 is 0 Å². The average molecular weight is 342 g/mol. The van der Waals surface area contributed by atoms with Crippen molar-refractivity contribution in [2.45, 2.75) is 11.3 Å². The van der Waals surface area contributed by atoms with Crippen molar-refractivity contribution in [1.82, 2.24) is 4.83 Å². The van der Waals surface area contributed by atoms with Crippen molar-refractivity contribution in [1.29, 1.82) is 5.26 Å². The molecule has 2 rings (SSSR count). The lowest BCUT2D eigenvalue weighted by Crippen LogP contribution is -2.18. The Kier molecular flexibility index (Phi) is 5.93. The van der Waals surface area contributed by atoms with Crippen LogP contribution in [-0.4, -0.2) is 28.2 Å². The zero-order valence-corrected chi connectivity index (χ0v) is 14.1. The molecule has 0 aliphatic carbocycles. The van der Waals surface area contributed by atoms with Gasteiger partial charge in [-0.05, 0) is 29.8 Å². The zero-order valence-electron chi connectivity index (χ0n) is 13.3. The van der Waals surface area contributed by atoms with Crippen molar-refractivity contribution in [2.75, 3.05) is 18.5 Å². The van der Waals surface area contributed by atoms with Crippen molar-refractivity contribution in [3.63, 3.8) is 0 Å². The molecule has 0 atom stereocenters. The molecule has 0 bridgehead atoms. The summed E-state index contributed by atoms with van der Waals surface area (Å²) in [6.45, 7) is 0.654. The molecule has 24 heavy (non-hydrogen) atoms. The molecule has 2 aromatic rings. The van der Waals surface area contributed by atoms with Gasteiger partial charge in [-0.15, -0.1) is 0 Å². The summed E-state index contributed by atoms with van der Waals surface area (Å²) < 4.78 is 24.0. The van der Waals surface area contributed by atoms with E-state index < -0.39 is 10.0 Å². The van der Waals surface area contributed by atoms with E-state index in [1.54, 1.807) is 18.2 Å². The third kappa shape index (κ3) is 4.83. The number of nitrogens with one attached hydrogen (secondary N) is 1. The highest BCUT2D eigenvalue weighted by atomic mass is 32.2. The number of hydrogen-bond acceptors (Lipinski definition) is 5. The number of nitriles is 1. The lowest BCUT2D eigenvalue weighted by atomic mass is 10.2. The zero-order chi connectivity index (χ0) is 17.4. The fraction of sp³-hybridized carbons (Fsp3) is 0.176. The molecule has 1 N–H and O–H groups in total. The molecule has 0 aromatic heterocycles. The highest BCUT2D eigenvalue weighted by Gasteiger charge is 2.10. The first-order valence-electron chi connectivity index (χ1n) is 7.31. The van der Waals surface area contributed by atoms with Crippen LogP contribution in [0, 0.1) is 11.3 Å². The molecule has 0 radical (unpaired) electrons. The number of benzene rings is 2. The first kappa shape index (κ1) is 17.5. The van der Waals surface area contributed by atoms with Gasteiger partial charge in [0.15, 0.2) is 0 Å². The summed E-state index contributed by atoms with van der Waals surface area (Å²) in [7, 11) is -1.74.